The fourth-order valence-corrected chi connectivity index (χ4v) is 7.42. The highest BCUT2D eigenvalue weighted by Gasteiger charge is 2.31. The third-order valence-corrected chi connectivity index (χ3v) is 10.2. The van der Waals surface area contributed by atoms with Crippen molar-refractivity contribution in [2.75, 3.05) is 0 Å². The van der Waals surface area contributed by atoms with Crippen LogP contribution in [0.2, 0.25) is 0 Å². The number of aromatic hydroxyl groups is 3. The topological polar surface area (TPSA) is 97.4 Å². The second-order valence-electron chi connectivity index (χ2n) is 13.5. The predicted octanol–water partition coefficient (Wildman–Crippen LogP) is 10.9. The van der Waals surface area contributed by atoms with Crippen LogP contribution in [0, 0.1) is 6.92 Å². The fourth-order valence-electron chi connectivity index (χ4n) is 7.42. The number of hydrogen-bond donors (Lipinski definition) is 4. The number of nitrogens with zero attached hydrogens (tertiary/aromatic N) is 2. The first-order valence-corrected chi connectivity index (χ1v) is 17.9. The maximum Gasteiger partial charge on any atom is 0.169 e. The highest BCUT2D eigenvalue weighted by Crippen LogP contribution is 2.50. The summed E-state index contributed by atoms with van der Waals surface area (Å²) in [6.07, 6.45) is -0.984. The fraction of sp³-hybridized carbons (Fsp3) is 0.0417. The molecule has 1 aliphatic rings. The number of aliphatic imine (C=N–C) groups is 2. The minimum Gasteiger partial charge on any atom is -0.507 e. The number of hydrogen-bond acceptors (Lipinski definition) is 6. The summed E-state index contributed by atoms with van der Waals surface area (Å²) < 4.78 is 0. The van der Waals surface area contributed by atoms with Gasteiger partial charge in [-0.05, 0) is 68.4 Å². The van der Waals surface area contributed by atoms with Gasteiger partial charge in [0.1, 0.15) is 11.6 Å². The molecule has 0 aromatic heterocycles. The summed E-state index contributed by atoms with van der Waals surface area (Å²) in [6.45, 7) is 1.72. The Balaban J connectivity index is 1.19. The van der Waals surface area contributed by atoms with E-state index in [4.69, 9.17) is 9.98 Å². The van der Waals surface area contributed by atoms with E-state index in [-0.39, 0.29) is 17.1 Å². The van der Waals surface area contributed by atoms with Gasteiger partial charge in [0.25, 0.3) is 0 Å². The molecule has 6 nitrogen and oxygen atoms in total. The predicted molar refractivity (Wildman–Crippen MR) is 219 cm³/mol. The minimum absolute atomic E-state index is 0.0631. The van der Waals surface area contributed by atoms with Crippen molar-refractivity contribution >= 4 is 33.2 Å². The molecule has 54 heavy (non-hydrogen) atoms. The number of phenolic OH excluding ortho intramolecular Hbond substituents is 3. The standard InChI is InChI=1S/C48H35N3O3/c1-29-41(34-14-6-3-7-15-34)44(53)45(54)42(43(29)52)48-50-46(35-23-19-32(20-24-35)30-11-4-2-5-12-30)49-47(51-48)38-26-22-33-17-10-18-39(40(33)28-38)37-25-21-31-13-8-9-16-36(31)27-37/h2-28,48,52-54H,1H3,(H,49,50,51). The summed E-state index contributed by atoms with van der Waals surface area (Å²) >= 11 is 0. The average Bonchev–Trinajstić information content (AvgIpc) is 3.23. The van der Waals surface area contributed by atoms with E-state index in [1.165, 1.54) is 5.39 Å². The van der Waals surface area contributed by atoms with Gasteiger partial charge >= 0.3 is 0 Å². The number of fused-ring (bicyclic) bond motifs is 2. The molecule has 9 rings (SSSR count). The maximum atomic E-state index is 11.7. The molecule has 0 radical (unpaired) electrons. The number of rotatable bonds is 6. The maximum absolute atomic E-state index is 11.7. The first-order valence-electron chi connectivity index (χ1n) is 17.9. The van der Waals surface area contributed by atoms with Crippen molar-refractivity contribution in [2.24, 2.45) is 9.98 Å². The molecule has 0 saturated heterocycles. The molecule has 0 spiro atoms. The summed E-state index contributed by atoms with van der Waals surface area (Å²) in [7, 11) is 0. The molecule has 0 amide bonds. The smallest absolute Gasteiger partial charge is 0.169 e. The van der Waals surface area contributed by atoms with Crippen molar-refractivity contribution in [3.05, 3.63) is 186 Å². The minimum atomic E-state index is -0.984. The van der Waals surface area contributed by atoms with Crippen LogP contribution < -0.4 is 5.32 Å². The highest BCUT2D eigenvalue weighted by molar-refractivity contribution is 6.15. The van der Waals surface area contributed by atoms with E-state index in [2.05, 4.69) is 84.2 Å². The highest BCUT2D eigenvalue weighted by atomic mass is 16.3. The summed E-state index contributed by atoms with van der Waals surface area (Å²) in [5.41, 5.74) is 7.42. The van der Waals surface area contributed by atoms with Crippen molar-refractivity contribution in [2.45, 2.75) is 13.1 Å². The van der Waals surface area contributed by atoms with Gasteiger partial charge in [0.2, 0.25) is 0 Å². The van der Waals surface area contributed by atoms with Crippen LogP contribution in [-0.4, -0.2) is 27.0 Å². The number of amidine groups is 2. The van der Waals surface area contributed by atoms with Crippen LogP contribution in [0.15, 0.2) is 174 Å². The molecule has 0 aliphatic carbocycles. The lowest BCUT2D eigenvalue weighted by Gasteiger charge is -2.26. The molecule has 6 heteroatoms. The molecule has 1 unspecified atom stereocenters. The lowest BCUT2D eigenvalue weighted by Crippen LogP contribution is -2.33. The van der Waals surface area contributed by atoms with E-state index in [1.807, 2.05) is 84.9 Å². The van der Waals surface area contributed by atoms with Crippen molar-refractivity contribution in [1.82, 2.24) is 5.32 Å². The first-order chi connectivity index (χ1) is 26.4. The Hall–Kier alpha value is -7.18. The molecule has 1 atom stereocenters. The number of phenols is 3. The van der Waals surface area contributed by atoms with Crippen LogP contribution in [0.1, 0.15) is 28.4 Å². The van der Waals surface area contributed by atoms with E-state index in [9.17, 15) is 15.3 Å². The molecular weight excluding hydrogens is 667 g/mol. The zero-order chi connectivity index (χ0) is 36.8. The molecule has 0 saturated carbocycles. The second-order valence-corrected chi connectivity index (χ2v) is 13.5. The molecule has 8 aromatic rings. The zero-order valence-electron chi connectivity index (χ0n) is 29.4. The van der Waals surface area contributed by atoms with Gasteiger partial charge < -0.3 is 20.6 Å². The SMILES string of the molecule is Cc1c(O)c(C2N=C(c3ccc4cccc(-c5ccc6ccccc6c5)c4c3)N=C(c3ccc(-c4ccccc4)cc3)N2)c(O)c(O)c1-c1ccccc1. The van der Waals surface area contributed by atoms with Crippen molar-refractivity contribution in [3.8, 4) is 50.6 Å². The van der Waals surface area contributed by atoms with Gasteiger partial charge in [-0.2, -0.15) is 0 Å². The summed E-state index contributed by atoms with van der Waals surface area (Å²) in [4.78, 5) is 10.1. The molecule has 260 valence electrons. The molecule has 1 heterocycles. The van der Waals surface area contributed by atoms with Gasteiger partial charge in [-0.1, -0.05) is 152 Å². The Labute approximate surface area is 312 Å². The normalized spacial score (nSPS) is 14.1. The molecule has 8 aromatic carbocycles. The monoisotopic (exact) mass is 701 g/mol. The van der Waals surface area contributed by atoms with Crippen LogP contribution in [0.4, 0.5) is 0 Å². The summed E-state index contributed by atoms with van der Waals surface area (Å²) in [6, 6.07) is 54.7. The Bertz CT molecular complexity index is 2750. The average molecular weight is 702 g/mol. The third-order valence-electron chi connectivity index (χ3n) is 10.2. The van der Waals surface area contributed by atoms with Crippen LogP contribution in [0.5, 0.6) is 17.2 Å². The van der Waals surface area contributed by atoms with Gasteiger partial charge in [-0.15, -0.1) is 0 Å². The molecule has 4 N–H and O–H groups in total. The van der Waals surface area contributed by atoms with Gasteiger partial charge in [0.05, 0.1) is 5.56 Å². The quantitative estimate of drug-likeness (QED) is 0.102. The third kappa shape index (κ3) is 5.80. The van der Waals surface area contributed by atoms with Crippen molar-refractivity contribution < 1.29 is 15.3 Å². The van der Waals surface area contributed by atoms with E-state index >= 15 is 0 Å². The first kappa shape index (κ1) is 32.7. The second kappa shape index (κ2) is 13.4. The summed E-state index contributed by atoms with van der Waals surface area (Å²) in [5.74, 6) is -0.0142. The van der Waals surface area contributed by atoms with Gasteiger partial charge in [-0.3, -0.25) is 0 Å². The van der Waals surface area contributed by atoms with Gasteiger partial charge in [0, 0.05) is 22.3 Å². The van der Waals surface area contributed by atoms with Crippen LogP contribution in [-0.2, 0) is 0 Å². The van der Waals surface area contributed by atoms with Crippen molar-refractivity contribution in [3.63, 3.8) is 0 Å². The van der Waals surface area contributed by atoms with E-state index in [0.717, 1.165) is 49.5 Å². The number of nitrogens with one attached hydrogen (secondary N) is 1. The van der Waals surface area contributed by atoms with E-state index < -0.39 is 11.9 Å². The molecule has 0 fully saturated rings. The van der Waals surface area contributed by atoms with Crippen LogP contribution in [0.3, 0.4) is 0 Å². The van der Waals surface area contributed by atoms with Gasteiger partial charge in [-0.25, -0.2) is 9.98 Å². The molecule has 0 bridgehead atoms. The molecule has 1 aliphatic heterocycles. The lowest BCUT2D eigenvalue weighted by atomic mass is 9.93. The van der Waals surface area contributed by atoms with Gasteiger partial charge in [0.15, 0.2) is 23.5 Å². The van der Waals surface area contributed by atoms with E-state index in [1.54, 1.807) is 6.92 Å². The number of benzene rings is 8. The molecular formula is C48H35N3O3. The van der Waals surface area contributed by atoms with Crippen molar-refractivity contribution in [1.29, 1.82) is 0 Å². The largest absolute Gasteiger partial charge is 0.507 e. The Morgan fingerprint density at radius 2 is 1.07 bits per heavy atom. The Morgan fingerprint density at radius 3 is 1.83 bits per heavy atom. The Morgan fingerprint density at radius 1 is 0.481 bits per heavy atom. The van der Waals surface area contributed by atoms with E-state index in [0.29, 0.717) is 28.4 Å². The zero-order valence-corrected chi connectivity index (χ0v) is 29.4. The lowest BCUT2D eigenvalue weighted by molar-refractivity contribution is 0.382. The van der Waals surface area contributed by atoms with Crippen LogP contribution >= 0.6 is 0 Å². The van der Waals surface area contributed by atoms with Crippen LogP contribution in [0.25, 0.3) is 54.9 Å². The summed E-state index contributed by atoms with van der Waals surface area (Å²) in [5, 5.41) is 42.6. The Kier molecular flexibility index (Phi) is 8.13.